The van der Waals surface area contributed by atoms with Crippen molar-refractivity contribution in [2.45, 2.75) is 71.0 Å². The first-order valence-electron chi connectivity index (χ1n) is 11.4. The average molecular weight is 448 g/mol. The number of alkyl halides is 3. The highest BCUT2D eigenvalue weighted by atomic mass is 19.4. The number of nitrogens with zero attached hydrogens (tertiary/aromatic N) is 1. The lowest BCUT2D eigenvalue weighted by molar-refractivity contribution is -0.141. The average Bonchev–Trinajstić information content (AvgIpc) is 2.76. The highest BCUT2D eigenvalue weighted by molar-refractivity contribution is 5.81. The zero-order valence-corrected chi connectivity index (χ0v) is 19.0. The number of rotatable bonds is 7. The zero-order valence-electron chi connectivity index (χ0n) is 19.0. The second-order valence-electron chi connectivity index (χ2n) is 9.10. The molecule has 174 valence electrons. The Morgan fingerprint density at radius 2 is 1.81 bits per heavy atom. The molecule has 2 atom stereocenters. The lowest BCUT2D eigenvalue weighted by Gasteiger charge is -2.39. The molecule has 6 heteroatoms. The molecule has 32 heavy (non-hydrogen) atoms. The summed E-state index contributed by atoms with van der Waals surface area (Å²) in [6, 6.07) is 12.3. The smallest absolute Gasteiger partial charge is 0.418 e. The number of hydrogen-bond acceptors (Lipinski definition) is 2. The van der Waals surface area contributed by atoms with Gasteiger partial charge in [-0.25, -0.2) is 0 Å². The molecule has 0 saturated carbocycles. The molecule has 1 heterocycles. The van der Waals surface area contributed by atoms with Crippen LogP contribution in [0.4, 0.5) is 18.9 Å². The topological polar surface area (TPSA) is 40.5 Å². The van der Waals surface area contributed by atoms with Gasteiger partial charge in [-0.2, -0.15) is 13.2 Å². The van der Waals surface area contributed by atoms with Crippen molar-refractivity contribution >= 4 is 11.7 Å². The molecule has 1 aliphatic rings. The Morgan fingerprint density at radius 1 is 1.12 bits per heavy atom. The van der Waals surface area contributed by atoms with Gasteiger partial charge in [0.15, 0.2) is 0 Å². The predicted molar refractivity (Wildman–Crippen MR) is 122 cm³/mol. The molecule has 0 bridgehead atoms. The Hall–Kier alpha value is -2.50. The third kappa shape index (κ3) is 5.28. The second-order valence-corrected chi connectivity index (χ2v) is 9.10. The van der Waals surface area contributed by atoms with Gasteiger partial charge in [0.1, 0.15) is 0 Å². The van der Waals surface area contributed by atoms with Crippen molar-refractivity contribution in [1.82, 2.24) is 0 Å². The quantitative estimate of drug-likeness (QED) is 0.482. The number of hydrogen-bond donors (Lipinski definition) is 1. The van der Waals surface area contributed by atoms with E-state index in [0.29, 0.717) is 12.1 Å². The predicted octanol–water partition coefficient (Wildman–Crippen LogP) is 7.36. The van der Waals surface area contributed by atoms with Crippen LogP contribution >= 0.6 is 0 Å². The van der Waals surface area contributed by atoms with E-state index in [9.17, 15) is 23.1 Å². The molecular formula is C26H32F3NO2. The summed E-state index contributed by atoms with van der Waals surface area (Å²) in [5.74, 6) is -2.50. The van der Waals surface area contributed by atoms with Crippen LogP contribution in [0.25, 0.3) is 11.1 Å². The number of carboxylic acids is 1. The Balaban J connectivity index is 2.33. The lowest BCUT2D eigenvalue weighted by atomic mass is 9.83. The molecule has 1 fully saturated rings. The Labute approximate surface area is 188 Å². The van der Waals surface area contributed by atoms with Crippen molar-refractivity contribution in [3.8, 4) is 11.1 Å². The van der Waals surface area contributed by atoms with Crippen molar-refractivity contribution < 1.29 is 23.1 Å². The number of benzene rings is 2. The van der Waals surface area contributed by atoms with Crippen molar-refractivity contribution in [3.05, 3.63) is 53.6 Å². The summed E-state index contributed by atoms with van der Waals surface area (Å²) >= 11 is 0. The van der Waals surface area contributed by atoms with Gasteiger partial charge in [0.25, 0.3) is 0 Å². The number of carboxylic acid groups (broad SMARTS) is 1. The van der Waals surface area contributed by atoms with Crippen LogP contribution in [-0.2, 0) is 11.0 Å². The van der Waals surface area contributed by atoms with Crippen LogP contribution in [-0.4, -0.2) is 23.7 Å². The van der Waals surface area contributed by atoms with Gasteiger partial charge in [0.2, 0.25) is 0 Å². The van der Waals surface area contributed by atoms with Crippen LogP contribution < -0.4 is 4.90 Å². The minimum Gasteiger partial charge on any atom is -0.481 e. The highest BCUT2D eigenvalue weighted by Crippen LogP contribution is 2.46. The van der Waals surface area contributed by atoms with Crippen LogP contribution in [0.1, 0.15) is 69.9 Å². The molecule has 3 rings (SSSR count). The first-order chi connectivity index (χ1) is 15.1. The number of carbonyl (C=O) groups is 1. The normalized spacial score (nSPS) is 18.1. The SMILES string of the molecule is CCC1CCCCN1c1cc(-c2ccccc2)cc(C(CC(C)C)C(=O)O)c1C(F)(F)F. The fourth-order valence-electron chi connectivity index (χ4n) is 4.83. The first kappa shape index (κ1) is 24.1. The van der Waals surface area contributed by atoms with Crippen LogP contribution in [0.3, 0.4) is 0 Å². The van der Waals surface area contributed by atoms with Crippen molar-refractivity contribution in [2.75, 3.05) is 11.4 Å². The van der Waals surface area contributed by atoms with Gasteiger partial charge in [-0.3, -0.25) is 4.79 Å². The van der Waals surface area contributed by atoms with Gasteiger partial charge >= 0.3 is 12.1 Å². The number of anilines is 1. The third-order valence-electron chi connectivity index (χ3n) is 6.33. The largest absolute Gasteiger partial charge is 0.481 e. The van der Waals surface area contributed by atoms with Crippen molar-refractivity contribution in [1.29, 1.82) is 0 Å². The van der Waals surface area contributed by atoms with E-state index in [2.05, 4.69) is 0 Å². The summed E-state index contributed by atoms with van der Waals surface area (Å²) < 4.78 is 43.7. The maximum Gasteiger partial charge on any atom is 0.418 e. The first-order valence-corrected chi connectivity index (χ1v) is 11.4. The molecular weight excluding hydrogens is 415 g/mol. The summed E-state index contributed by atoms with van der Waals surface area (Å²) in [5.41, 5.74) is 0.609. The Morgan fingerprint density at radius 3 is 2.38 bits per heavy atom. The van der Waals surface area contributed by atoms with Crippen LogP contribution in [0.2, 0.25) is 0 Å². The monoisotopic (exact) mass is 447 g/mol. The molecule has 3 nitrogen and oxygen atoms in total. The molecule has 1 aliphatic heterocycles. The number of halogens is 3. The molecule has 1 N–H and O–H groups in total. The molecule has 0 aliphatic carbocycles. The van der Waals surface area contributed by atoms with Gasteiger partial charge in [-0.1, -0.05) is 51.1 Å². The van der Waals surface area contributed by atoms with E-state index in [0.717, 1.165) is 31.2 Å². The van der Waals surface area contributed by atoms with E-state index in [-0.39, 0.29) is 29.6 Å². The van der Waals surface area contributed by atoms with Crippen molar-refractivity contribution in [2.24, 2.45) is 5.92 Å². The van der Waals surface area contributed by atoms with E-state index < -0.39 is 23.6 Å². The Bertz CT molecular complexity index is 925. The summed E-state index contributed by atoms with van der Waals surface area (Å²) in [7, 11) is 0. The fraction of sp³-hybridized carbons (Fsp3) is 0.500. The van der Waals surface area contributed by atoms with Gasteiger partial charge < -0.3 is 10.0 Å². The minimum absolute atomic E-state index is 0.0112. The molecule has 0 aromatic heterocycles. The fourth-order valence-corrected chi connectivity index (χ4v) is 4.83. The maximum atomic E-state index is 14.6. The van der Waals surface area contributed by atoms with Crippen LogP contribution in [0.5, 0.6) is 0 Å². The summed E-state index contributed by atoms with van der Waals surface area (Å²) in [6.45, 7) is 6.21. The molecule has 0 spiro atoms. The highest BCUT2D eigenvalue weighted by Gasteiger charge is 2.42. The minimum atomic E-state index is -4.65. The second kappa shape index (κ2) is 9.97. The molecule has 1 saturated heterocycles. The van der Waals surface area contributed by atoms with Crippen molar-refractivity contribution in [3.63, 3.8) is 0 Å². The summed E-state index contributed by atoms with van der Waals surface area (Å²) in [4.78, 5) is 14.1. The van der Waals surface area contributed by atoms with Gasteiger partial charge in [-0.05, 0) is 66.8 Å². The molecule has 0 amide bonds. The standard InChI is InChI=1S/C26H32F3NO2/c1-4-20-12-8-9-13-30(20)23-16-19(18-10-6-5-7-11-18)15-21(24(23)26(27,28)29)22(25(31)32)14-17(2)3/h5-7,10-11,15-17,20,22H,4,8-9,12-14H2,1-3H3,(H,31,32). The van der Waals surface area contributed by atoms with E-state index in [1.165, 1.54) is 6.07 Å². The summed E-state index contributed by atoms with van der Waals surface area (Å²) in [5, 5.41) is 9.95. The van der Waals surface area contributed by atoms with E-state index in [1.807, 2.05) is 56.0 Å². The van der Waals surface area contributed by atoms with Gasteiger partial charge in [0.05, 0.1) is 17.2 Å². The van der Waals surface area contributed by atoms with E-state index in [4.69, 9.17) is 0 Å². The van der Waals surface area contributed by atoms with E-state index in [1.54, 1.807) is 6.07 Å². The molecule has 2 unspecified atom stereocenters. The van der Waals surface area contributed by atoms with Gasteiger partial charge in [0, 0.05) is 12.6 Å². The maximum absolute atomic E-state index is 14.6. The molecule has 2 aromatic rings. The third-order valence-corrected chi connectivity index (χ3v) is 6.33. The zero-order chi connectivity index (χ0) is 23.5. The van der Waals surface area contributed by atoms with E-state index >= 15 is 0 Å². The lowest BCUT2D eigenvalue weighted by Crippen LogP contribution is -2.40. The Kier molecular flexibility index (Phi) is 7.52. The van der Waals surface area contributed by atoms with Crippen LogP contribution in [0, 0.1) is 5.92 Å². The molecule has 2 aromatic carbocycles. The summed E-state index contributed by atoms with van der Waals surface area (Å²) in [6.07, 6.45) is -1.10. The van der Waals surface area contributed by atoms with Gasteiger partial charge in [-0.15, -0.1) is 0 Å². The molecule has 0 radical (unpaired) electrons. The number of aliphatic carboxylic acids is 1. The van der Waals surface area contributed by atoms with Crippen LogP contribution in [0.15, 0.2) is 42.5 Å². The number of piperidine rings is 1.